The van der Waals surface area contributed by atoms with E-state index in [2.05, 4.69) is 5.32 Å². The number of hydrogen-bond acceptors (Lipinski definition) is 5. The second-order valence-electron chi connectivity index (χ2n) is 8.04. The van der Waals surface area contributed by atoms with Gasteiger partial charge in [-0.1, -0.05) is 12.1 Å². The Morgan fingerprint density at radius 2 is 1.97 bits per heavy atom. The predicted octanol–water partition coefficient (Wildman–Crippen LogP) is 2.03. The number of nitrogens with one attached hydrogen (secondary N) is 1. The Balaban J connectivity index is 1.41. The van der Waals surface area contributed by atoms with Crippen molar-refractivity contribution in [2.45, 2.75) is 38.6 Å². The van der Waals surface area contributed by atoms with E-state index in [1.54, 1.807) is 21.0 Å². The van der Waals surface area contributed by atoms with E-state index in [0.717, 1.165) is 23.5 Å². The monoisotopic (exact) mass is 403 g/mol. The number of ether oxygens (including phenoxy) is 2. The number of rotatable bonds is 8. The molecule has 1 atom stereocenters. The number of likely N-dealkylation sites (tertiary alicyclic amines) is 1. The first kappa shape index (κ1) is 21.0. The third-order valence-electron chi connectivity index (χ3n) is 5.48. The third kappa shape index (κ3) is 4.81. The van der Waals surface area contributed by atoms with Crippen molar-refractivity contribution in [2.75, 3.05) is 33.4 Å². The Morgan fingerprint density at radius 1 is 1.24 bits per heavy atom. The second-order valence-corrected chi connectivity index (χ2v) is 8.04. The van der Waals surface area contributed by atoms with E-state index in [1.165, 1.54) is 0 Å². The van der Waals surface area contributed by atoms with Crippen LogP contribution in [0.15, 0.2) is 24.3 Å². The summed E-state index contributed by atoms with van der Waals surface area (Å²) in [6.07, 6.45) is 1.93. The van der Waals surface area contributed by atoms with Gasteiger partial charge in [-0.15, -0.1) is 0 Å². The van der Waals surface area contributed by atoms with Crippen LogP contribution in [0.3, 0.4) is 0 Å². The van der Waals surface area contributed by atoms with E-state index in [1.807, 2.05) is 29.2 Å². The van der Waals surface area contributed by atoms with E-state index < -0.39 is 11.6 Å². The smallest absolute Gasteiger partial charge is 0.325 e. The standard InChI is InChI=1S/C21H29N3O5/c1-21(2)19(26)24(20(27)22-21)12-9-18(25)23-11-8-15(14-23)10-13-29-17-7-5-4-6-16(17)28-3/h4-7,15H,8-14H2,1-3H3,(H,22,27). The highest BCUT2D eigenvalue weighted by Gasteiger charge is 2.44. The number of carbonyl (C=O) groups excluding carboxylic acids is 3. The van der Waals surface area contributed by atoms with Crippen LogP contribution in [0.5, 0.6) is 11.5 Å². The van der Waals surface area contributed by atoms with Crippen LogP contribution >= 0.6 is 0 Å². The van der Waals surface area contributed by atoms with E-state index in [4.69, 9.17) is 9.47 Å². The fourth-order valence-electron chi connectivity index (χ4n) is 3.75. The van der Waals surface area contributed by atoms with Crippen LogP contribution < -0.4 is 14.8 Å². The molecule has 0 spiro atoms. The van der Waals surface area contributed by atoms with Crippen LogP contribution in [-0.4, -0.2) is 66.5 Å². The third-order valence-corrected chi connectivity index (χ3v) is 5.48. The van der Waals surface area contributed by atoms with Gasteiger partial charge in [0.25, 0.3) is 5.91 Å². The van der Waals surface area contributed by atoms with Gasteiger partial charge in [-0.2, -0.15) is 0 Å². The molecule has 2 aliphatic rings. The molecule has 0 saturated carbocycles. The first-order chi connectivity index (χ1) is 13.8. The lowest BCUT2D eigenvalue weighted by Gasteiger charge is -2.19. The Bertz CT molecular complexity index is 779. The van der Waals surface area contributed by atoms with Crippen molar-refractivity contribution >= 4 is 17.8 Å². The summed E-state index contributed by atoms with van der Waals surface area (Å²) in [6.45, 7) is 5.37. The molecule has 8 heteroatoms. The Labute approximate surface area is 171 Å². The Hall–Kier alpha value is -2.77. The molecule has 158 valence electrons. The lowest BCUT2D eigenvalue weighted by Crippen LogP contribution is -2.41. The van der Waals surface area contributed by atoms with Gasteiger partial charge in [-0.25, -0.2) is 4.79 Å². The fourth-order valence-corrected chi connectivity index (χ4v) is 3.75. The Morgan fingerprint density at radius 3 is 2.62 bits per heavy atom. The van der Waals surface area contributed by atoms with Gasteiger partial charge in [0.15, 0.2) is 11.5 Å². The van der Waals surface area contributed by atoms with Crippen LogP contribution in [0.1, 0.15) is 33.1 Å². The van der Waals surface area contributed by atoms with Gasteiger partial charge >= 0.3 is 6.03 Å². The number of benzene rings is 1. The average molecular weight is 403 g/mol. The van der Waals surface area contributed by atoms with Crippen LogP contribution in [0, 0.1) is 5.92 Å². The largest absolute Gasteiger partial charge is 0.493 e. The fraction of sp³-hybridized carbons (Fsp3) is 0.571. The molecule has 0 aromatic heterocycles. The molecule has 29 heavy (non-hydrogen) atoms. The number of amides is 4. The number of hydrogen-bond donors (Lipinski definition) is 1. The van der Waals surface area contributed by atoms with Crippen LogP contribution in [0.2, 0.25) is 0 Å². The first-order valence-corrected chi connectivity index (χ1v) is 9.99. The number of nitrogens with zero attached hydrogens (tertiary/aromatic N) is 2. The summed E-state index contributed by atoms with van der Waals surface area (Å²) in [6, 6.07) is 7.10. The normalized spacial score (nSPS) is 20.7. The maximum absolute atomic E-state index is 12.5. The van der Waals surface area contributed by atoms with Gasteiger partial charge in [0.2, 0.25) is 5.91 Å². The summed E-state index contributed by atoms with van der Waals surface area (Å²) >= 11 is 0. The van der Waals surface area contributed by atoms with Gasteiger partial charge in [0.05, 0.1) is 13.7 Å². The summed E-state index contributed by atoms with van der Waals surface area (Å²) in [5.74, 6) is 1.49. The molecule has 1 aromatic carbocycles. The lowest BCUT2D eigenvalue weighted by atomic mass is 10.1. The quantitative estimate of drug-likeness (QED) is 0.671. The molecule has 1 N–H and O–H groups in total. The van der Waals surface area contributed by atoms with E-state index in [9.17, 15) is 14.4 Å². The summed E-state index contributed by atoms with van der Waals surface area (Å²) in [7, 11) is 1.61. The maximum atomic E-state index is 12.5. The summed E-state index contributed by atoms with van der Waals surface area (Å²) < 4.78 is 11.1. The van der Waals surface area contributed by atoms with Gasteiger partial charge in [0.1, 0.15) is 5.54 Å². The van der Waals surface area contributed by atoms with Crippen LogP contribution in [0.4, 0.5) is 4.79 Å². The molecule has 4 amide bonds. The van der Waals surface area contributed by atoms with E-state index in [0.29, 0.717) is 31.4 Å². The van der Waals surface area contributed by atoms with E-state index in [-0.39, 0.29) is 24.8 Å². The minimum atomic E-state index is -0.902. The van der Waals surface area contributed by atoms with Crippen LogP contribution in [-0.2, 0) is 9.59 Å². The van der Waals surface area contributed by atoms with Crippen molar-refractivity contribution in [3.8, 4) is 11.5 Å². The number of para-hydroxylation sites is 2. The van der Waals surface area contributed by atoms with Gasteiger partial charge < -0.3 is 19.7 Å². The highest BCUT2D eigenvalue weighted by Crippen LogP contribution is 2.27. The summed E-state index contributed by atoms with van der Waals surface area (Å²) in [5, 5.41) is 2.63. The zero-order valence-corrected chi connectivity index (χ0v) is 17.3. The van der Waals surface area contributed by atoms with E-state index >= 15 is 0 Å². The Kier molecular flexibility index (Phi) is 6.30. The molecule has 2 heterocycles. The first-order valence-electron chi connectivity index (χ1n) is 9.99. The highest BCUT2D eigenvalue weighted by atomic mass is 16.5. The highest BCUT2D eigenvalue weighted by molar-refractivity contribution is 6.06. The van der Waals surface area contributed by atoms with Crippen LogP contribution in [0.25, 0.3) is 0 Å². The second kappa shape index (κ2) is 8.71. The molecule has 0 aliphatic carbocycles. The zero-order chi connectivity index (χ0) is 21.0. The number of urea groups is 1. The van der Waals surface area contributed by atoms with Gasteiger partial charge in [0, 0.05) is 26.1 Å². The van der Waals surface area contributed by atoms with Gasteiger partial charge in [-0.05, 0) is 44.7 Å². The average Bonchev–Trinajstić information content (AvgIpc) is 3.23. The number of methoxy groups -OCH3 is 1. The van der Waals surface area contributed by atoms with Gasteiger partial charge in [-0.3, -0.25) is 14.5 Å². The van der Waals surface area contributed by atoms with Crippen molar-refractivity contribution < 1.29 is 23.9 Å². The molecular weight excluding hydrogens is 374 g/mol. The molecular formula is C21H29N3O5. The predicted molar refractivity (Wildman–Crippen MR) is 107 cm³/mol. The molecule has 8 nitrogen and oxygen atoms in total. The number of carbonyl (C=O) groups is 3. The molecule has 1 unspecified atom stereocenters. The molecule has 3 rings (SSSR count). The van der Waals surface area contributed by atoms with Crippen molar-refractivity contribution in [2.24, 2.45) is 5.92 Å². The molecule has 2 fully saturated rings. The maximum Gasteiger partial charge on any atom is 0.325 e. The molecule has 1 aromatic rings. The zero-order valence-electron chi connectivity index (χ0n) is 17.3. The molecule has 0 radical (unpaired) electrons. The minimum absolute atomic E-state index is 0.0246. The minimum Gasteiger partial charge on any atom is -0.493 e. The SMILES string of the molecule is COc1ccccc1OCCC1CCN(C(=O)CCN2C(=O)NC(C)(C)C2=O)C1. The van der Waals surface area contributed by atoms with Crippen molar-refractivity contribution in [3.05, 3.63) is 24.3 Å². The van der Waals surface area contributed by atoms with Crippen molar-refractivity contribution in [1.29, 1.82) is 0 Å². The molecule has 0 bridgehead atoms. The summed E-state index contributed by atoms with van der Waals surface area (Å²) in [4.78, 5) is 39.6. The lowest BCUT2D eigenvalue weighted by molar-refractivity contribution is -0.132. The van der Waals surface area contributed by atoms with Crippen molar-refractivity contribution in [1.82, 2.24) is 15.1 Å². The molecule has 2 aliphatic heterocycles. The summed E-state index contributed by atoms with van der Waals surface area (Å²) in [5.41, 5.74) is -0.902. The topological polar surface area (TPSA) is 88.2 Å². The number of imide groups is 1. The van der Waals surface area contributed by atoms with Crippen molar-refractivity contribution in [3.63, 3.8) is 0 Å². The molecule has 2 saturated heterocycles.